The van der Waals surface area contributed by atoms with Crippen molar-refractivity contribution in [3.05, 3.63) is 51.5 Å². The number of nitriles is 1. The van der Waals surface area contributed by atoms with Crippen molar-refractivity contribution in [2.75, 3.05) is 26.2 Å². The van der Waals surface area contributed by atoms with Crippen LogP contribution in [0.4, 0.5) is 4.39 Å². The number of halogens is 3. The fraction of sp³-hybridized carbons (Fsp3) is 0.545. The second-order valence-electron chi connectivity index (χ2n) is 8.28. The first-order valence-electron chi connectivity index (χ1n) is 10.6. The summed E-state index contributed by atoms with van der Waals surface area (Å²) in [4.78, 5) is 2.52. The maximum Gasteiger partial charge on any atom is 0.250 e. The van der Waals surface area contributed by atoms with Gasteiger partial charge < -0.3 is 5.32 Å². The molecule has 2 heterocycles. The van der Waals surface area contributed by atoms with E-state index in [1.165, 1.54) is 6.20 Å². The molecule has 1 atom stereocenters. The zero-order chi connectivity index (χ0) is 21.1. The summed E-state index contributed by atoms with van der Waals surface area (Å²) >= 11 is 12.9. The maximum absolute atomic E-state index is 13.7. The van der Waals surface area contributed by atoms with Gasteiger partial charge in [0.2, 0.25) is 5.95 Å². The normalized spacial score (nSPS) is 23.8. The topological polar surface area (TPSA) is 56.9 Å². The van der Waals surface area contributed by atoms with Gasteiger partial charge in [-0.2, -0.15) is 9.65 Å². The molecule has 1 aliphatic heterocycles. The lowest BCUT2D eigenvalue weighted by atomic mass is 9.80. The minimum atomic E-state index is -0.672. The van der Waals surface area contributed by atoms with E-state index in [4.69, 9.17) is 28.5 Å². The third kappa shape index (κ3) is 4.65. The quantitative estimate of drug-likeness (QED) is 0.699. The summed E-state index contributed by atoms with van der Waals surface area (Å²) in [6, 6.07) is 8.18. The molecule has 2 aliphatic rings. The molecule has 2 aromatic rings. The van der Waals surface area contributed by atoms with Gasteiger partial charge in [0, 0.05) is 38.4 Å². The highest BCUT2D eigenvalue weighted by molar-refractivity contribution is 6.42. The van der Waals surface area contributed by atoms with Gasteiger partial charge in [0.15, 0.2) is 0 Å². The Bertz CT molecular complexity index is 911. The molecule has 5 nitrogen and oxygen atoms in total. The molecule has 30 heavy (non-hydrogen) atoms. The molecule has 160 valence electrons. The van der Waals surface area contributed by atoms with Crippen molar-refractivity contribution in [3.8, 4) is 6.07 Å². The standard InChI is InChI=1S/C22H26Cl2FN5/c23-19-3-1-2-18(21(19)24)20(29-10-8-27-9-11-29)12-15-4-6-17(7-5-15)30-14-16(13-26)22(25)28-30/h1-3,14-15,17,20,27H,4-12H2. The molecule has 4 rings (SSSR count). The summed E-state index contributed by atoms with van der Waals surface area (Å²) in [6.45, 7) is 3.94. The number of piperazine rings is 1. The Morgan fingerprint density at radius 3 is 2.60 bits per heavy atom. The van der Waals surface area contributed by atoms with Gasteiger partial charge in [-0.05, 0) is 49.7 Å². The first-order chi connectivity index (χ1) is 14.6. The Labute approximate surface area is 186 Å². The van der Waals surface area contributed by atoms with Crippen LogP contribution in [0.3, 0.4) is 0 Å². The molecule has 1 unspecified atom stereocenters. The van der Waals surface area contributed by atoms with E-state index in [-0.39, 0.29) is 17.6 Å². The van der Waals surface area contributed by atoms with E-state index >= 15 is 0 Å². The summed E-state index contributed by atoms with van der Waals surface area (Å²) < 4.78 is 15.3. The Morgan fingerprint density at radius 2 is 1.93 bits per heavy atom. The summed E-state index contributed by atoms with van der Waals surface area (Å²) in [5.74, 6) is -0.110. The van der Waals surface area contributed by atoms with Crippen LogP contribution in [0.2, 0.25) is 10.0 Å². The fourth-order valence-electron chi connectivity index (χ4n) is 4.84. The van der Waals surface area contributed by atoms with E-state index in [0.717, 1.165) is 63.8 Å². The van der Waals surface area contributed by atoms with E-state index < -0.39 is 5.95 Å². The van der Waals surface area contributed by atoms with Gasteiger partial charge >= 0.3 is 0 Å². The molecule has 1 saturated heterocycles. The van der Waals surface area contributed by atoms with Crippen LogP contribution in [0.5, 0.6) is 0 Å². The summed E-state index contributed by atoms with van der Waals surface area (Å²) in [7, 11) is 0. The first kappa shape index (κ1) is 21.6. The molecule has 0 spiro atoms. The number of rotatable bonds is 5. The molecular formula is C22H26Cl2FN5. The molecule has 1 aliphatic carbocycles. The van der Waals surface area contributed by atoms with E-state index in [2.05, 4.69) is 21.4 Å². The van der Waals surface area contributed by atoms with Crippen LogP contribution in [0.15, 0.2) is 24.4 Å². The smallest absolute Gasteiger partial charge is 0.250 e. The highest BCUT2D eigenvalue weighted by atomic mass is 35.5. The fourth-order valence-corrected chi connectivity index (χ4v) is 5.27. The van der Waals surface area contributed by atoms with Crippen LogP contribution < -0.4 is 5.32 Å². The number of benzene rings is 1. The highest BCUT2D eigenvalue weighted by Gasteiger charge is 2.31. The van der Waals surface area contributed by atoms with Crippen LogP contribution >= 0.6 is 23.2 Å². The molecule has 0 radical (unpaired) electrons. The average Bonchev–Trinajstić information content (AvgIpc) is 3.16. The lowest BCUT2D eigenvalue weighted by Gasteiger charge is -2.39. The van der Waals surface area contributed by atoms with Crippen molar-refractivity contribution in [2.45, 2.75) is 44.2 Å². The number of nitrogens with one attached hydrogen (secondary N) is 1. The Balaban J connectivity index is 1.46. The Hall–Kier alpha value is -1.65. The van der Waals surface area contributed by atoms with Crippen molar-refractivity contribution in [3.63, 3.8) is 0 Å². The van der Waals surface area contributed by atoms with Gasteiger partial charge in [0.25, 0.3) is 0 Å². The van der Waals surface area contributed by atoms with E-state index in [0.29, 0.717) is 16.0 Å². The zero-order valence-electron chi connectivity index (χ0n) is 16.8. The van der Waals surface area contributed by atoms with Gasteiger partial charge in [0.1, 0.15) is 11.6 Å². The summed E-state index contributed by atoms with van der Waals surface area (Å²) in [5, 5.41) is 17.6. The van der Waals surface area contributed by atoms with Crippen LogP contribution in [-0.4, -0.2) is 40.9 Å². The van der Waals surface area contributed by atoms with Gasteiger partial charge in [-0.1, -0.05) is 35.3 Å². The van der Waals surface area contributed by atoms with Crippen LogP contribution in [0.25, 0.3) is 0 Å². The zero-order valence-corrected chi connectivity index (χ0v) is 18.3. The van der Waals surface area contributed by atoms with Crippen molar-refractivity contribution in [2.24, 2.45) is 5.92 Å². The SMILES string of the molecule is N#Cc1cn(C2CCC(CC(c3cccc(Cl)c3Cl)N3CCNCC3)CC2)nc1F. The third-order valence-electron chi connectivity index (χ3n) is 6.49. The van der Waals surface area contributed by atoms with Crippen molar-refractivity contribution in [1.82, 2.24) is 20.0 Å². The average molecular weight is 450 g/mol. The predicted octanol–water partition coefficient (Wildman–Crippen LogP) is 4.97. The van der Waals surface area contributed by atoms with Crippen LogP contribution in [0, 0.1) is 23.2 Å². The molecular weight excluding hydrogens is 424 g/mol. The van der Waals surface area contributed by atoms with Crippen LogP contribution in [0.1, 0.15) is 55.3 Å². The summed E-state index contributed by atoms with van der Waals surface area (Å²) in [5.41, 5.74) is 1.13. The number of aromatic nitrogens is 2. The second kappa shape index (κ2) is 9.65. The predicted molar refractivity (Wildman–Crippen MR) is 116 cm³/mol. The Morgan fingerprint density at radius 1 is 1.20 bits per heavy atom. The maximum atomic E-state index is 13.7. The molecule has 0 bridgehead atoms. The molecule has 0 amide bonds. The molecule has 1 saturated carbocycles. The minimum absolute atomic E-state index is 0.0199. The largest absolute Gasteiger partial charge is 0.314 e. The molecule has 2 fully saturated rings. The number of nitrogens with zero attached hydrogens (tertiary/aromatic N) is 4. The van der Waals surface area contributed by atoms with Crippen molar-refractivity contribution in [1.29, 1.82) is 5.26 Å². The lowest BCUT2D eigenvalue weighted by Crippen LogP contribution is -2.45. The van der Waals surface area contributed by atoms with E-state index in [9.17, 15) is 4.39 Å². The number of hydrogen-bond donors (Lipinski definition) is 1. The van der Waals surface area contributed by atoms with E-state index in [1.807, 2.05) is 18.2 Å². The second-order valence-corrected chi connectivity index (χ2v) is 9.07. The summed E-state index contributed by atoms with van der Waals surface area (Å²) in [6.07, 6.45) is 6.55. The Kier molecular flexibility index (Phi) is 6.94. The molecule has 1 aromatic heterocycles. The van der Waals surface area contributed by atoms with Gasteiger partial charge in [-0.15, -0.1) is 5.10 Å². The molecule has 1 aromatic carbocycles. The lowest BCUT2D eigenvalue weighted by molar-refractivity contribution is 0.132. The first-order valence-corrected chi connectivity index (χ1v) is 11.4. The molecule has 1 N–H and O–H groups in total. The third-order valence-corrected chi connectivity index (χ3v) is 7.32. The monoisotopic (exact) mass is 449 g/mol. The van der Waals surface area contributed by atoms with E-state index in [1.54, 1.807) is 4.68 Å². The highest BCUT2D eigenvalue weighted by Crippen LogP contribution is 2.41. The van der Waals surface area contributed by atoms with Gasteiger partial charge in [-0.3, -0.25) is 9.58 Å². The van der Waals surface area contributed by atoms with Gasteiger partial charge in [-0.25, -0.2) is 0 Å². The van der Waals surface area contributed by atoms with Crippen molar-refractivity contribution < 1.29 is 4.39 Å². The minimum Gasteiger partial charge on any atom is -0.314 e. The van der Waals surface area contributed by atoms with Gasteiger partial charge in [0.05, 0.1) is 16.1 Å². The molecule has 8 heteroatoms. The van der Waals surface area contributed by atoms with Crippen molar-refractivity contribution >= 4 is 23.2 Å². The number of hydrogen-bond acceptors (Lipinski definition) is 4. The van der Waals surface area contributed by atoms with Crippen LogP contribution in [-0.2, 0) is 0 Å².